The van der Waals surface area contributed by atoms with Crippen molar-refractivity contribution in [3.8, 4) is 50.2 Å². The van der Waals surface area contributed by atoms with E-state index in [4.69, 9.17) is 0 Å². The SMILES string of the molecule is C[C@H]1c2c(c(-c3ccc(N(c4ccccc4)c4ccccc4)cc3)cc3c4cc(-c5ccccc5)ccc4n(-c4ccccc4)c23)-c2cc(-c3ccccc3)ccc2CC1c1ccccc1. The zero-order valence-electron chi connectivity index (χ0n) is 36.9. The van der Waals surface area contributed by atoms with E-state index in [0.29, 0.717) is 0 Å². The first-order chi connectivity index (χ1) is 32.7. The molecule has 0 fully saturated rings. The normalized spacial score (nSPS) is 14.4. The summed E-state index contributed by atoms with van der Waals surface area (Å²) in [6.07, 6.45) is 0.928. The number of fused-ring (bicyclic) bond motifs is 7. The third-order valence-corrected chi connectivity index (χ3v) is 13.9. The third-order valence-electron chi connectivity index (χ3n) is 13.9. The van der Waals surface area contributed by atoms with Crippen molar-refractivity contribution in [2.24, 2.45) is 0 Å². The van der Waals surface area contributed by atoms with Crippen molar-refractivity contribution in [1.29, 1.82) is 0 Å². The monoisotopic (exact) mass is 844 g/mol. The lowest BCUT2D eigenvalue weighted by Gasteiger charge is -2.27. The summed E-state index contributed by atoms with van der Waals surface area (Å²) in [6, 6.07) is 91.5. The second-order valence-electron chi connectivity index (χ2n) is 17.7. The fraction of sp³-hybridized carbons (Fsp3) is 0.0625. The molecular weight excluding hydrogens is 797 g/mol. The molecule has 1 unspecified atom stereocenters. The molecule has 1 aromatic heterocycles. The molecule has 10 aromatic carbocycles. The molecule has 66 heavy (non-hydrogen) atoms. The highest BCUT2D eigenvalue weighted by Crippen LogP contribution is 2.54. The van der Waals surface area contributed by atoms with E-state index in [-0.39, 0.29) is 11.8 Å². The average molecular weight is 845 g/mol. The number of anilines is 3. The van der Waals surface area contributed by atoms with Crippen LogP contribution in [0, 0.1) is 0 Å². The van der Waals surface area contributed by atoms with Crippen LogP contribution in [-0.4, -0.2) is 4.57 Å². The van der Waals surface area contributed by atoms with Crippen molar-refractivity contribution < 1.29 is 0 Å². The molecule has 314 valence electrons. The van der Waals surface area contributed by atoms with Gasteiger partial charge in [-0.2, -0.15) is 0 Å². The van der Waals surface area contributed by atoms with Crippen molar-refractivity contribution in [2.75, 3.05) is 4.90 Å². The molecule has 1 aliphatic rings. The van der Waals surface area contributed by atoms with E-state index < -0.39 is 0 Å². The van der Waals surface area contributed by atoms with Gasteiger partial charge in [-0.3, -0.25) is 0 Å². The molecule has 0 saturated carbocycles. The first kappa shape index (κ1) is 39.4. The molecule has 0 N–H and O–H groups in total. The molecule has 0 spiro atoms. The molecule has 12 rings (SSSR count). The second-order valence-corrected chi connectivity index (χ2v) is 17.7. The van der Waals surface area contributed by atoms with Crippen LogP contribution in [0.25, 0.3) is 72.0 Å². The summed E-state index contributed by atoms with van der Waals surface area (Å²) in [4.78, 5) is 2.35. The fourth-order valence-electron chi connectivity index (χ4n) is 10.7. The number of hydrogen-bond acceptors (Lipinski definition) is 1. The Labute approximate surface area is 387 Å². The quantitative estimate of drug-likeness (QED) is 0.148. The fourth-order valence-corrected chi connectivity index (χ4v) is 10.7. The smallest absolute Gasteiger partial charge is 0.0582 e. The van der Waals surface area contributed by atoms with Crippen LogP contribution in [0.1, 0.15) is 35.4 Å². The Morgan fingerprint density at radius 3 is 1.52 bits per heavy atom. The zero-order chi connectivity index (χ0) is 44.0. The van der Waals surface area contributed by atoms with Gasteiger partial charge in [0.2, 0.25) is 0 Å². The van der Waals surface area contributed by atoms with E-state index in [2.05, 4.69) is 265 Å². The van der Waals surface area contributed by atoms with Crippen LogP contribution in [0.2, 0.25) is 0 Å². The van der Waals surface area contributed by atoms with Crippen LogP contribution in [-0.2, 0) is 6.42 Å². The van der Waals surface area contributed by atoms with Crippen LogP contribution in [0.15, 0.2) is 249 Å². The minimum atomic E-state index is 0.156. The molecule has 0 bridgehead atoms. The van der Waals surface area contributed by atoms with Gasteiger partial charge in [-0.1, -0.05) is 183 Å². The largest absolute Gasteiger partial charge is 0.311 e. The summed E-state index contributed by atoms with van der Waals surface area (Å²) in [5, 5.41) is 2.52. The van der Waals surface area contributed by atoms with Crippen molar-refractivity contribution >= 4 is 38.9 Å². The topological polar surface area (TPSA) is 8.17 Å². The van der Waals surface area contributed by atoms with Gasteiger partial charge >= 0.3 is 0 Å². The average Bonchev–Trinajstić information content (AvgIpc) is 3.65. The molecule has 0 saturated heterocycles. The summed E-state index contributed by atoms with van der Waals surface area (Å²) >= 11 is 0. The summed E-state index contributed by atoms with van der Waals surface area (Å²) in [7, 11) is 0. The van der Waals surface area contributed by atoms with Crippen molar-refractivity contribution in [2.45, 2.75) is 25.2 Å². The summed E-state index contributed by atoms with van der Waals surface area (Å²) in [5.41, 5.74) is 21.1. The zero-order valence-corrected chi connectivity index (χ0v) is 36.9. The molecular formula is C64H48N2. The second kappa shape index (κ2) is 16.7. The van der Waals surface area contributed by atoms with Gasteiger partial charge in [0.15, 0.2) is 0 Å². The Balaban J connectivity index is 1.20. The molecule has 0 aliphatic heterocycles. The van der Waals surface area contributed by atoms with Gasteiger partial charge in [0.1, 0.15) is 0 Å². The predicted octanol–water partition coefficient (Wildman–Crippen LogP) is 17.4. The predicted molar refractivity (Wildman–Crippen MR) is 279 cm³/mol. The van der Waals surface area contributed by atoms with Gasteiger partial charge in [-0.15, -0.1) is 0 Å². The van der Waals surface area contributed by atoms with E-state index in [1.165, 1.54) is 83.0 Å². The summed E-state index contributed by atoms with van der Waals surface area (Å²) in [6.45, 7) is 2.49. The lowest BCUT2D eigenvalue weighted by molar-refractivity contribution is 0.581. The highest BCUT2D eigenvalue weighted by atomic mass is 15.1. The van der Waals surface area contributed by atoms with Gasteiger partial charge in [0.05, 0.1) is 11.0 Å². The molecule has 1 heterocycles. The minimum absolute atomic E-state index is 0.156. The number of rotatable bonds is 8. The van der Waals surface area contributed by atoms with Crippen molar-refractivity contribution in [1.82, 2.24) is 4.57 Å². The number of para-hydroxylation sites is 3. The highest BCUT2D eigenvalue weighted by molar-refractivity contribution is 6.16. The Bertz CT molecular complexity index is 3430. The van der Waals surface area contributed by atoms with Gasteiger partial charge in [0.25, 0.3) is 0 Å². The number of aromatic nitrogens is 1. The van der Waals surface area contributed by atoms with Crippen molar-refractivity contribution in [3.63, 3.8) is 0 Å². The molecule has 2 nitrogen and oxygen atoms in total. The molecule has 11 aromatic rings. The Morgan fingerprint density at radius 2 is 0.909 bits per heavy atom. The Hall–Kier alpha value is -8.20. The van der Waals surface area contributed by atoms with Crippen LogP contribution in [0.5, 0.6) is 0 Å². The van der Waals surface area contributed by atoms with E-state index in [1.54, 1.807) is 0 Å². The molecule has 0 amide bonds. The summed E-state index contributed by atoms with van der Waals surface area (Å²) in [5.74, 6) is 0.394. The molecule has 2 atom stereocenters. The number of benzene rings is 10. The maximum absolute atomic E-state index is 2.56. The summed E-state index contributed by atoms with van der Waals surface area (Å²) < 4.78 is 2.56. The van der Waals surface area contributed by atoms with E-state index in [0.717, 1.165) is 29.2 Å². The third kappa shape index (κ3) is 6.90. The molecule has 0 radical (unpaired) electrons. The van der Waals surface area contributed by atoms with Gasteiger partial charge in [-0.05, 0) is 152 Å². The Kier molecular flexibility index (Phi) is 9.99. The first-order valence-electron chi connectivity index (χ1n) is 23.2. The van der Waals surface area contributed by atoms with Crippen LogP contribution >= 0.6 is 0 Å². The molecule has 2 heteroatoms. The van der Waals surface area contributed by atoms with E-state index in [1.807, 2.05) is 0 Å². The maximum Gasteiger partial charge on any atom is 0.0582 e. The van der Waals surface area contributed by atoms with Gasteiger partial charge in [-0.25, -0.2) is 0 Å². The first-order valence-corrected chi connectivity index (χ1v) is 23.2. The van der Waals surface area contributed by atoms with Crippen LogP contribution < -0.4 is 4.90 Å². The lowest BCUT2D eigenvalue weighted by Crippen LogP contribution is -2.12. The standard InChI is InChI=1S/C64H48N2/c1-44-56(47-24-12-4-13-25-47)42-51-33-32-49(45-20-8-2-9-21-45)40-57(51)63-58(48-34-37-55(38-35-48)65(52-26-14-5-15-27-52)53-28-16-6-17-29-53)43-60-59-41-50(46-22-10-3-11-23-46)36-39-61(59)66(64(60)62(44)63)54-30-18-7-19-31-54/h2-41,43-44,56H,42H2,1H3/t44-,56?/m1/s1. The van der Waals surface area contributed by atoms with Crippen LogP contribution in [0.3, 0.4) is 0 Å². The van der Waals surface area contributed by atoms with Crippen molar-refractivity contribution in [3.05, 3.63) is 265 Å². The van der Waals surface area contributed by atoms with E-state index >= 15 is 0 Å². The maximum atomic E-state index is 2.56. The number of nitrogens with zero attached hydrogens (tertiary/aromatic N) is 2. The minimum Gasteiger partial charge on any atom is -0.311 e. The molecule has 1 aliphatic carbocycles. The number of hydrogen-bond donors (Lipinski definition) is 0. The Morgan fingerprint density at radius 1 is 0.409 bits per heavy atom. The van der Waals surface area contributed by atoms with Gasteiger partial charge < -0.3 is 9.47 Å². The van der Waals surface area contributed by atoms with Crippen LogP contribution in [0.4, 0.5) is 17.1 Å². The van der Waals surface area contributed by atoms with E-state index in [9.17, 15) is 0 Å². The lowest BCUT2D eigenvalue weighted by atomic mass is 9.78. The van der Waals surface area contributed by atoms with Gasteiger partial charge in [0, 0.05) is 33.5 Å². The highest BCUT2D eigenvalue weighted by Gasteiger charge is 2.34.